The standard InChI is InChI=1S/C21H22ClN3O2/c1-15-6-2-4-8-17(15)25-20(26)14-19(21(25)27)24-12-10-23(11-13-24)18-9-5-3-7-16(18)22/h2-9,19H,10-14H2,1H3/t19-/m0/s1. The third-order valence-corrected chi connectivity index (χ3v) is 5.75. The van der Waals surface area contributed by atoms with Gasteiger partial charge in [-0.25, -0.2) is 4.90 Å². The number of carbonyl (C=O) groups is 2. The number of rotatable bonds is 3. The van der Waals surface area contributed by atoms with Crippen LogP contribution in [-0.4, -0.2) is 48.9 Å². The van der Waals surface area contributed by atoms with E-state index >= 15 is 0 Å². The van der Waals surface area contributed by atoms with Crippen molar-refractivity contribution in [3.8, 4) is 0 Å². The first kappa shape index (κ1) is 18.0. The van der Waals surface area contributed by atoms with Crippen molar-refractivity contribution in [2.75, 3.05) is 36.0 Å². The first-order chi connectivity index (χ1) is 13.1. The lowest BCUT2D eigenvalue weighted by Crippen LogP contribution is -2.52. The molecular weight excluding hydrogens is 362 g/mol. The number of anilines is 2. The number of nitrogens with zero attached hydrogens (tertiary/aromatic N) is 3. The van der Waals surface area contributed by atoms with E-state index < -0.39 is 0 Å². The molecule has 2 saturated heterocycles. The van der Waals surface area contributed by atoms with Crippen LogP contribution >= 0.6 is 11.6 Å². The van der Waals surface area contributed by atoms with Gasteiger partial charge in [0.05, 0.1) is 28.9 Å². The minimum absolute atomic E-state index is 0.111. The van der Waals surface area contributed by atoms with Crippen LogP contribution in [0.15, 0.2) is 48.5 Å². The smallest absolute Gasteiger partial charge is 0.251 e. The second-order valence-electron chi connectivity index (χ2n) is 7.05. The van der Waals surface area contributed by atoms with E-state index in [1.54, 1.807) is 0 Å². The van der Waals surface area contributed by atoms with Gasteiger partial charge in [-0.05, 0) is 30.7 Å². The molecule has 0 unspecified atom stereocenters. The molecule has 2 aliphatic rings. The Hall–Kier alpha value is -2.37. The van der Waals surface area contributed by atoms with Crippen LogP contribution in [-0.2, 0) is 9.59 Å². The van der Waals surface area contributed by atoms with E-state index in [2.05, 4.69) is 9.80 Å². The number of carbonyl (C=O) groups excluding carboxylic acids is 2. The molecule has 0 aliphatic carbocycles. The normalized spacial score (nSPS) is 21.2. The van der Waals surface area contributed by atoms with Crippen LogP contribution in [0.1, 0.15) is 12.0 Å². The highest BCUT2D eigenvalue weighted by Crippen LogP contribution is 2.30. The molecule has 1 atom stereocenters. The van der Waals surface area contributed by atoms with E-state index in [1.165, 1.54) is 4.90 Å². The van der Waals surface area contributed by atoms with Crippen molar-refractivity contribution < 1.29 is 9.59 Å². The van der Waals surface area contributed by atoms with E-state index in [-0.39, 0.29) is 24.3 Å². The highest BCUT2D eigenvalue weighted by Gasteiger charge is 2.43. The van der Waals surface area contributed by atoms with Crippen molar-refractivity contribution in [2.45, 2.75) is 19.4 Å². The molecule has 140 valence electrons. The van der Waals surface area contributed by atoms with Crippen molar-refractivity contribution in [3.05, 3.63) is 59.1 Å². The van der Waals surface area contributed by atoms with E-state index in [0.717, 1.165) is 42.5 Å². The quantitative estimate of drug-likeness (QED) is 0.764. The topological polar surface area (TPSA) is 43.9 Å². The maximum atomic E-state index is 13.0. The molecule has 4 rings (SSSR count). The molecule has 2 aromatic carbocycles. The summed E-state index contributed by atoms with van der Waals surface area (Å²) >= 11 is 6.30. The molecule has 2 amide bonds. The summed E-state index contributed by atoms with van der Waals surface area (Å²) in [6, 6.07) is 15.0. The summed E-state index contributed by atoms with van der Waals surface area (Å²) in [5.41, 5.74) is 2.65. The molecule has 0 saturated carbocycles. The van der Waals surface area contributed by atoms with Crippen LogP contribution in [0.4, 0.5) is 11.4 Å². The Labute approximate surface area is 164 Å². The van der Waals surface area contributed by atoms with Crippen LogP contribution in [0.3, 0.4) is 0 Å². The third kappa shape index (κ3) is 3.33. The number of amides is 2. The fourth-order valence-electron chi connectivity index (χ4n) is 3.95. The maximum Gasteiger partial charge on any atom is 0.251 e. The van der Waals surface area contributed by atoms with E-state index in [1.807, 2.05) is 55.5 Å². The summed E-state index contributed by atoms with van der Waals surface area (Å²) in [5.74, 6) is -0.228. The molecular formula is C21H22ClN3O2. The summed E-state index contributed by atoms with van der Waals surface area (Å²) < 4.78 is 0. The van der Waals surface area contributed by atoms with Gasteiger partial charge in [-0.15, -0.1) is 0 Å². The fourth-order valence-corrected chi connectivity index (χ4v) is 4.21. The second kappa shape index (κ2) is 7.33. The summed E-state index contributed by atoms with van der Waals surface area (Å²) in [7, 11) is 0. The largest absolute Gasteiger partial charge is 0.368 e. The first-order valence-electron chi connectivity index (χ1n) is 9.22. The summed E-state index contributed by atoms with van der Waals surface area (Å²) in [6.45, 7) is 4.96. The minimum Gasteiger partial charge on any atom is -0.368 e. The Balaban J connectivity index is 1.46. The Morgan fingerprint density at radius 1 is 0.889 bits per heavy atom. The van der Waals surface area contributed by atoms with Crippen LogP contribution in [0.25, 0.3) is 0 Å². The van der Waals surface area contributed by atoms with Gasteiger partial charge < -0.3 is 4.90 Å². The lowest BCUT2D eigenvalue weighted by molar-refractivity contribution is -0.123. The average Bonchev–Trinajstić information content (AvgIpc) is 2.97. The molecule has 2 aromatic rings. The Morgan fingerprint density at radius 2 is 1.52 bits per heavy atom. The summed E-state index contributed by atoms with van der Waals surface area (Å²) in [5, 5.41) is 0.740. The number of hydrogen-bond acceptors (Lipinski definition) is 4. The van der Waals surface area contributed by atoms with Crippen molar-refractivity contribution in [3.63, 3.8) is 0 Å². The molecule has 27 heavy (non-hydrogen) atoms. The molecule has 0 N–H and O–H groups in total. The Kier molecular flexibility index (Phi) is 4.89. The van der Waals surface area contributed by atoms with Crippen LogP contribution in [0, 0.1) is 6.92 Å². The predicted molar refractivity (Wildman–Crippen MR) is 107 cm³/mol. The number of halogens is 1. The van der Waals surface area contributed by atoms with Crippen LogP contribution in [0.5, 0.6) is 0 Å². The van der Waals surface area contributed by atoms with E-state index in [4.69, 9.17) is 11.6 Å². The fraction of sp³-hybridized carbons (Fsp3) is 0.333. The van der Waals surface area contributed by atoms with Gasteiger partial charge in [0.15, 0.2) is 0 Å². The van der Waals surface area contributed by atoms with Crippen molar-refractivity contribution in [1.82, 2.24) is 4.90 Å². The van der Waals surface area contributed by atoms with Crippen LogP contribution in [0.2, 0.25) is 5.02 Å². The molecule has 0 radical (unpaired) electrons. The molecule has 2 fully saturated rings. The first-order valence-corrected chi connectivity index (χ1v) is 9.60. The van der Waals surface area contributed by atoms with Crippen molar-refractivity contribution >= 4 is 34.8 Å². The Bertz CT molecular complexity index is 877. The van der Waals surface area contributed by atoms with Gasteiger partial charge in [-0.2, -0.15) is 0 Å². The lowest BCUT2D eigenvalue weighted by atomic mass is 10.1. The lowest BCUT2D eigenvalue weighted by Gasteiger charge is -2.38. The van der Waals surface area contributed by atoms with Gasteiger partial charge in [0, 0.05) is 26.2 Å². The average molecular weight is 384 g/mol. The highest BCUT2D eigenvalue weighted by molar-refractivity contribution is 6.33. The van der Waals surface area contributed by atoms with Gasteiger partial charge in [-0.1, -0.05) is 41.9 Å². The number of piperazine rings is 1. The van der Waals surface area contributed by atoms with Crippen molar-refractivity contribution in [1.29, 1.82) is 0 Å². The number of benzene rings is 2. The molecule has 0 aromatic heterocycles. The number of hydrogen-bond donors (Lipinski definition) is 0. The zero-order chi connectivity index (χ0) is 19.0. The van der Waals surface area contributed by atoms with Gasteiger partial charge in [0.25, 0.3) is 5.91 Å². The van der Waals surface area contributed by atoms with E-state index in [9.17, 15) is 9.59 Å². The summed E-state index contributed by atoms with van der Waals surface area (Å²) in [6.07, 6.45) is 0.249. The second-order valence-corrected chi connectivity index (χ2v) is 7.46. The monoisotopic (exact) mass is 383 g/mol. The van der Waals surface area contributed by atoms with Gasteiger partial charge in [0.2, 0.25) is 5.91 Å². The van der Waals surface area contributed by atoms with Crippen LogP contribution < -0.4 is 9.80 Å². The molecule has 0 spiro atoms. The molecule has 0 bridgehead atoms. The SMILES string of the molecule is Cc1ccccc1N1C(=O)C[C@H](N2CCN(c3ccccc3Cl)CC2)C1=O. The van der Waals surface area contributed by atoms with Gasteiger partial charge in [0.1, 0.15) is 0 Å². The molecule has 2 aliphatic heterocycles. The zero-order valence-corrected chi connectivity index (χ0v) is 16.0. The molecule has 5 nitrogen and oxygen atoms in total. The zero-order valence-electron chi connectivity index (χ0n) is 15.3. The van der Waals surface area contributed by atoms with E-state index in [0.29, 0.717) is 5.69 Å². The Morgan fingerprint density at radius 3 is 2.19 bits per heavy atom. The number of para-hydroxylation sites is 2. The van der Waals surface area contributed by atoms with Gasteiger partial charge >= 0.3 is 0 Å². The number of aryl methyl sites for hydroxylation is 1. The maximum absolute atomic E-state index is 13.0. The third-order valence-electron chi connectivity index (χ3n) is 5.43. The summed E-state index contributed by atoms with van der Waals surface area (Å²) in [4.78, 5) is 31.3. The van der Waals surface area contributed by atoms with Crippen molar-refractivity contribution in [2.24, 2.45) is 0 Å². The molecule has 2 heterocycles. The number of imide groups is 1. The molecule has 6 heteroatoms. The predicted octanol–water partition coefficient (Wildman–Crippen LogP) is 3.10. The highest BCUT2D eigenvalue weighted by atomic mass is 35.5. The minimum atomic E-state index is -0.370. The van der Waals surface area contributed by atoms with Gasteiger partial charge in [-0.3, -0.25) is 14.5 Å².